The molecule has 7 heteroatoms. The number of nitrogens with zero attached hydrogens (tertiary/aromatic N) is 1. The van der Waals surface area contributed by atoms with E-state index >= 15 is 0 Å². The average Bonchev–Trinajstić information content (AvgIpc) is 2.78. The minimum Gasteiger partial charge on any atom is -0.493 e. The molecule has 1 amide bonds. The van der Waals surface area contributed by atoms with Crippen LogP contribution in [-0.4, -0.2) is 33.0 Å². The number of carbonyl (C=O) groups excluding carboxylic acids is 2. The minimum absolute atomic E-state index is 0.0606. The molecule has 1 unspecified atom stereocenters. The molecule has 1 atom stereocenters. The molecule has 2 aromatic rings. The lowest BCUT2D eigenvalue weighted by Gasteiger charge is -2.38. The Hall–Kier alpha value is -2.99. The standard InChI is InChI=1S/C24H24ClNO5/c1-29-20-11-14(12-21(30-2)24(20)31-3)17-13-22(28)26(16-9-7-15(25)8-10-16)18-5-4-6-19(27)23(17)18/h7-12,17H,4-6,13H2,1-3H3. The summed E-state index contributed by atoms with van der Waals surface area (Å²) in [6.07, 6.45) is 2.03. The fraction of sp³-hybridized carbons (Fsp3) is 0.333. The van der Waals surface area contributed by atoms with Gasteiger partial charge in [0.1, 0.15) is 0 Å². The van der Waals surface area contributed by atoms with E-state index in [1.807, 2.05) is 24.3 Å². The van der Waals surface area contributed by atoms with Crippen LogP contribution in [0.3, 0.4) is 0 Å². The molecule has 4 rings (SSSR count). The van der Waals surface area contributed by atoms with Crippen LogP contribution in [-0.2, 0) is 9.59 Å². The van der Waals surface area contributed by atoms with Gasteiger partial charge in [0.25, 0.3) is 0 Å². The van der Waals surface area contributed by atoms with E-state index in [0.29, 0.717) is 40.7 Å². The molecular formula is C24H24ClNO5. The molecule has 0 saturated carbocycles. The van der Waals surface area contributed by atoms with E-state index in [-0.39, 0.29) is 24.0 Å². The summed E-state index contributed by atoms with van der Waals surface area (Å²) in [5, 5.41) is 0.595. The van der Waals surface area contributed by atoms with Crippen molar-refractivity contribution < 1.29 is 23.8 Å². The van der Waals surface area contributed by atoms with Crippen LogP contribution in [0.4, 0.5) is 5.69 Å². The molecule has 31 heavy (non-hydrogen) atoms. The first-order chi connectivity index (χ1) is 15.0. The molecule has 0 aromatic heterocycles. The van der Waals surface area contributed by atoms with Gasteiger partial charge in [0.15, 0.2) is 17.3 Å². The Morgan fingerprint density at radius 3 is 2.16 bits per heavy atom. The maximum Gasteiger partial charge on any atom is 0.232 e. The Balaban J connectivity index is 1.87. The summed E-state index contributed by atoms with van der Waals surface area (Å²) in [5.41, 5.74) is 2.98. The quantitative estimate of drug-likeness (QED) is 0.660. The number of Topliss-reactive ketones (excluding diaryl/α,β-unsaturated/α-hetero) is 1. The molecule has 1 aliphatic carbocycles. The van der Waals surface area contributed by atoms with Crippen LogP contribution in [0.5, 0.6) is 17.2 Å². The number of anilines is 1. The molecule has 0 radical (unpaired) electrons. The maximum atomic E-state index is 13.3. The molecule has 6 nitrogen and oxygen atoms in total. The molecule has 0 bridgehead atoms. The predicted molar refractivity (Wildman–Crippen MR) is 118 cm³/mol. The summed E-state index contributed by atoms with van der Waals surface area (Å²) < 4.78 is 16.4. The molecule has 2 aliphatic rings. The summed E-state index contributed by atoms with van der Waals surface area (Å²) in [5.74, 6) is 1.11. The number of ether oxygens (including phenoxy) is 3. The molecule has 162 valence electrons. The predicted octanol–water partition coefficient (Wildman–Crippen LogP) is 4.89. The van der Waals surface area contributed by atoms with E-state index < -0.39 is 0 Å². The number of ketones is 1. The third kappa shape index (κ3) is 3.76. The van der Waals surface area contributed by atoms with Gasteiger partial charge in [0.05, 0.1) is 21.3 Å². The number of carbonyl (C=O) groups is 2. The zero-order chi connectivity index (χ0) is 22.1. The van der Waals surface area contributed by atoms with Gasteiger partial charge in [-0.1, -0.05) is 11.6 Å². The lowest BCUT2D eigenvalue weighted by Crippen LogP contribution is -2.40. The third-order valence-electron chi connectivity index (χ3n) is 5.85. The van der Waals surface area contributed by atoms with Crippen LogP contribution in [0.15, 0.2) is 47.7 Å². The third-order valence-corrected chi connectivity index (χ3v) is 6.10. The highest BCUT2D eigenvalue weighted by atomic mass is 35.5. The fourth-order valence-corrected chi connectivity index (χ4v) is 4.60. The Labute approximate surface area is 186 Å². The fourth-order valence-electron chi connectivity index (χ4n) is 4.47. The summed E-state index contributed by atoms with van der Waals surface area (Å²) >= 11 is 6.03. The van der Waals surface area contributed by atoms with Crippen LogP contribution in [0.1, 0.15) is 37.2 Å². The molecule has 1 aliphatic heterocycles. The first kappa shape index (κ1) is 21.2. The largest absolute Gasteiger partial charge is 0.493 e. The van der Waals surface area contributed by atoms with Crippen molar-refractivity contribution in [1.82, 2.24) is 0 Å². The number of amides is 1. The van der Waals surface area contributed by atoms with Crippen LogP contribution in [0, 0.1) is 0 Å². The van der Waals surface area contributed by atoms with Crippen molar-refractivity contribution in [3.05, 3.63) is 58.3 Å². The number of hydrogen-bond donors (Lipinski definition) is 0. The highest BCUT2D eigenvalue weighted by Crippen LogP contribution is 2.47. The number of allylic oxidation sites excluding steroid dienone is 2. The van der Waals surface area contributed by atoms with Gasteiger partial charge in [-0.15, -0.1) is 0 Å². The van der Waals surface area contributed by atoms with Gasteiger partial charge in [-0.3, -0.25) is 14.5 Å². The van der Waals surface area contributed by atoms with Gasteiger partial charge >= 0.3 is 0 Å². The SMILES string of the molecule is COc1cc(C2CC(=O)N(c3ccc(Cl)cc3)C3=C2C(=O)CCC3)cc(OC)c1OC. The van der Waals surface area contributed by atoms with E-state index in [4.69, 9.17) is 25.8 Å². The second kappa shape index (κ2) is 8.63. The molecule has 0 N–H and O–H groups in total. The minimum atomic E-state index is -0.368. The van der Waals surface area contributed by atoms with Crippen molar-refractivity contribution in [2.24, 2.45) is 0 Å². The molecule has 2 aromatic carbocycles. The Morgan fingerprint density at radius 1 is 0.935 bits per heavy atom. The number of hydrogen-bond acceptors (Lipinski definition) is 5. The normalized spacial score (nSPS) is 18.7. The van der Waals surface area contributed by atoms with E-state index in [9.17, 15) is 9.59 Å². The van der Waals surface area contributed by atoms with Gasteiger partial charge in [-0.25, -0.2) is 0 Å². The number of methoxy groups -OCH3 is 3. The second-order valence-electron chi connectivity index (χ2n) is 7.56. The van der Waals surface area contributed by atoms with E-state index in [1.54, 1.807) is 38.4 Å². The van der Waals surface area contributed by atoms with Gasteiger partial charge in [-0.05, 0) is 54.8 Å². The highest BCUT2D eigenvalue weighted by molar-refractivity contribution is 6.30. The molecule has 1 heterocycles. The van der Waals surface area contributed by atoms with Gasteiger partial charge in [0.2, 0.25) is 11.7 Å². The number of benzene rings is 2. The zero-order valence-corrected chi connectivity index (χ0v) is 18.5. The Morgan fingerprint density at radius 2 is 1.58 bits per heavy atom. The first-order valence-corrected chi connectivity index (χ1v) is 10.5. The average molecular weight is 442 g/mol. The molecule has 0 saturated heterocycles. The van der Waals surface area contributed by atoms with Crippen molar-refractivity contribution in [3.8, 4) is 17.2 Å². The van der Waals surface area contributed by atoms with Crippen molar-refractivity contribution in [3.63, 3.8) is 0 Å². The van der Waals surface area contributed by atoms with Crippen molar-refractivity contribution in [1.29, 1.82) is 0 Å². The van der Waals surface area contributed by atoms with Gasteiger partial charge in [0, 0.05) is 40.7 Å². The maximum absolute atomic E-state index is 13.3. The second-order valence-corrected chi connectivity index (χ2v) is 7.99. The molecule has 0 spiro atoms. The first-order valence-electron chi connectivity index (χ1n) is 10.1. The summed E-state index contributed by atoms with van der Waals surface area (Å²) in [6.45, 7) is 0. The monoisotopic (exact) mass is 441 g/mol. The smallest absolute Gasteiger partial charge is 0.232 e. The number of halogens is 1. The molecular weight excluding hydrogens is 418 g/mol. The van der Waals surface area contributed by atoms with E-state index in [2.05, 4.69) is 0 Å². The molecule has 0 fully saturated rings. The van der Waals surface area contributed by atoms with Crippen LogP contribution >= 0.6 is 11.6 Å². The Kier molecular flexibility index (Phi) is 5.92. The lowest BCUT2D eigenvalue weighted by molar-refractivity contribution is -0.119. The van der Waals surface area contributed by atoms with Crippen LogP contribution in [0.25, 0.3) is 0 Å². The summed E-state index contributed by atoms with van der Waals surface area (Å²) in [7, 11) is 4.64. The van der Waals surface area contributed by atoms with Crippen LogP contribution in [0.2, 0.25) is 5.02 Å². The zero-order valence-electron chi connectivity index (χ0n) is 17.7. The van der Waals surface area contributed by atoms with Gasteiger partial charge in [-0.2, -0.15) is 0 Å². The van der Waals surface area contributed by atoms with Crippen molar-refractivity contribution in [2.45, 2.75) is 31.6 Å². The Bertz CT molecular complexity index is 1040. The van der Waals surface area contributed by atoms with Crippen molar-refractivity contribution in [2.75, 3.05) is 26.2 Å². The summed E-state index contributed by atoms with van der Waals surface area (Å²) in [6, 6.07) is 10.8. The highest BCUT2D eigenvalue weighted by Gasteiger charge is 2.40. The lowest BCUT2D eigenvalue weighted by atomic mass is 9.77. The number of rotatable bonds is 5. The van der Waals surface area contributed by atoms with Crippen molar-refractivity contribution >= 4 is 29.0 Å². The van der Waals surface area contributed by atoms with E-state index in [0.717, 1.165) is 23.4 Å². The van der Waals surface area contributed by atoms with Gasteiger partial charge < -0.3 is 14.2 Å². The van der Waals surface area contributed by atoms with Crippen LogP contribution < -0.4 is 19.1 Å². The van der Waals surface area contributed by atoms with E-state index in [1.165, 1.54) is 0 Å². The summed E-state index contributed by atoms with van der Waals surface area (Å²) in [4.78, 5) is 28.1. The topological polar surface area (TPSA) is 65.1 Å².